The maximum absolute atomic E-state index is 6.08. The van der Waals surface area contributed by atoms with E-state index in [1.54, 1.807) is 6.08 Å². The van der Waals surface area contributed by atoms with Crippen molar-refractivity contribution in [2.75, 3.05) is 0 Å². The molecule has 76 valence electrons. The minimum atomic E-state index is 0.693. The Bertz CT molecular complexity index is 517. The first-order valence-corrected chi connectivity index (χ1v) is 5.34. The van der Waals surface area contributed by atoms with E-state index in [0.717, 1.165) is 23.0 Å². The largest absolute Gasteiger partial charge is 0.247 e. The highest BCUT2D eigenvalue weighted by atomic mass is 35.5. The number of hydrogen-bond acceptors (Lipinski definition) is 1. The molecule has 0 amide bonds. The first kappa shape index (κ1) is 10.2. The van der Waals surface area contributed by atoms with Crippen LogP contribution < -0.4 is 0 Å². The summed E-state index contributed by atoms with van der Waals surface area (Å²) >= 11 is 6.08. The van der Waals surface area contributed by atoms with Gasteiger partial charge in [0.2, 0.25) is 0 Å². The number of halogens is 1. The quantitative estimate of drug-likeness (QED) is 0.738. The van der Waals surface area contributed by atoms with E-state index in [2.05, 4.69) is 24.6 Å². The molecule has 15 heavy (non-hydrogen) atoms. The summed E-state index contributed by atoms with van der Waals surface area (Å²) in [5.41, 5.74) is 2.99. The van der Waals surface area contributed by atoms with Gasteiger partial charge in [-0.3, -0.25) is 0 Å². The van der Waals surface area contributed by atoms with Crippen LogP contribution in [-0.2, 0) is 6.42 Å². The van der Waals surface area contributed by atoms with Crippen LogP contribution in [0.1, 0.15) is 18.2 Å². The van der Waals surface area contributed by atoms with E-state index in [1.165, 1.54) is 5.56 Å². The third-order valence-electron chi connectivity index (χ3n) is 2.48. The summed E-state index contributed by atoms with van der Waals surface area (Å²) < 4.78 is 0. The van der Waals surface area contributed by atoms with Crippen LogP contribution in [0.4, 0.5) is 0 Å². The van der Waals surface area contributed by atoms with Crippen LogP contribution in [0.3, 0.4) is 0 Å². The van der Waals surface area contributed by atoms with E-state index in [9.17, 15) is 0 Å². The van der Waals surface area contributed by atoms with Gasteiger partial charge < -0.3 is 0 Å². The highest BCUT2D eigenvalue weighted by molar-refractivity contribution is 6.35. The maximum Gasteiger partial charge on any atom is 0.0895 e. The standard InChI is InChI=1S/C13H12ClN/c1-3-9-8-10-6-5-7-11(14)13(10)15-12(9)4-2/h4-8H,2-3H2,1H3. The molecule has 0 saturated carbocycles. The number of benzene rings is 1. The summed E-state index contributed by atoms with van der Waals surface area (Å²) in [7, 11) is 0. The number of hydrogen-bond donors (Lipinski definition) is 0. The van der Waals surface area contributed by atoms with Crippen molar-refractivity contribution >= 4 is 28.6 Å². The second-order valence-corrected chi connectivity index (χ2v) is 3.81. The molecule has 0 unspecified atom stereocenters. The molecule has 1 aromatic heterocycles. The molecule has 2 aromatic rings. The average Bonchev–Trinajstić information content (AvgIpc) is 2.28. The molecule has 0 spiro atoms. The highest BCUT2D eigenvalue weighted by Gasteiger charge is 2.04. The van der Waals surface area contributed by atoms with E-state index in [-0.39, 0.29) is 0 Å². The van der Waals surface area contributed by atoms with Crippen LogP contribution in [-0.4, -0.2) is 4.98 Å². The fraction of sp³-hybridized carbons (Fsp3) is 0.154. The third kappa shape index (κ3) is 1.75. The van der Waals surface area contributed by atoms with E-state index in [1.807, 2.05) is 18.2 Å². The minimum absolute atomic E-state index is 0.693. The third-order valence-corrected chi connectivity index (χ3v) is 2.79. The van der Waals surface area contributed by atoms with Crippen LogP contribution in [0, 0.1) is 0 Å². The second-order valence-electron chi connectivity index (χ2n) is 3.40. The van der Waals surface area contributed by atoms with Crippen molar-refractivity contribution < 1.29 is 0 Å². The van der Waals surface area contributed by atoms with Gasteiger partial charge in [0.05, 0.1) is 16.2 Å². The molecule has 0 saturated heterocycles. The molecule has 0 N–H and O–H groups in total. The SMILES string of the molecule is C=Cc1nc2c(Cl)cccc2cc1CC. The Morgan fingerprint density at radius 1 is 1.47 bits per heavy atom. The number of aryl methyl sites for hydroxylation is 1. The Morgan fingerprint density at radius 2 is 2.27 bits per heavy atom. The normalized spacial score (nSPS) is 10.5. The monoisotopic (exact) mass is 217 g/mol. The lowest BCUT2D eigenvalue weighted by Gasteiger charge is -2.06. The summed E-state index contributed by atoms with van der Waals surface area (Å²) in [6, 6.07) is 7.96. The molecule has 1 heterocycles. The summed E-state index contributed by atoms with van der Waals surface area (Å²) in [5.74, 6) is 0. The molecule has 0 aliphatic carbocycles. The number of aromatic nitrogens is 1. The molecule has 0 aliphatic heterocycles. The Kier molecular flexibility index (Phi) is 2.74. The van der Waals surface area contributed by atoms with Gasteiger partial charge in [-0.05, 0) is 30.2 Å². The molecule has 0 fully saturated rings. The number of nitrogens with zero attached hydrogens (tertiary/aromatic N) is 1. The van der Waals surface area contributed by atoms with Crippen molar-refractivity contribution in [3.63, 3.8) is 0 Å². The van der Waals surface area contributed by atoms with Gasteiger partial charge in [0, 0.05) is 5.39 Å². The molecule has 1 aromatic carbocycles. The van der Waals surface area contributed by atoms with Gasteiger partial charge in [0.25, 0.3) is 0 Å². The van der Waals surface area contributed by atoms with Crippen molar-refractivity contribution in [3.05, 3.63) is 47.1 Å². The van der Waals surface area contributed by atoms with E-state index in [4.69, 9.17) is 11.6 Å². The fourth-order valence-electron chi connectivity index (χ4n) is 1.68. The van der Waals surface area contributed by atoms with Crippen LogP contribution in [0.25, 0.3) is 17.0 Å². The lowest BCUT2D eigenvalue weighted by molar-refractivity contribution is 1.11. The molecule has 0 aliphatic rings. The average molecular weight is 218 g/mol. The fourth-order valence-corrected chi connectivity index (χ4v) is 1.90. The number of para-hydroxylation sites is 1. The Hall–Kier alpha value is -1.34. The first-order valence-electron chi connectivity index (χ1n) is 4.97. The molecule has 1 nitrogen and oxygen atoms in total. The van der Waals surface area contributed by atoms with Gasteiger partial charge in [-0.2, -0.15) is 0 Å². The van der Waals surface area contributed by atoms with Crippen LogP contribution in [0.2, 0.25) is 5.02 Å². The first-order chi connectivity index (χ1) is 7.26. The van der Waals surface area contributed by atoms with Crippen LogP contribution in [0.15, 0.2) is 30.8 Å². The molecule has 0 atom stereocenters. The Balaban J connectivity index is 2.81. The van der Waals surface area contributed by atoms with Crippen molar-refractivity contribution in [2.45, 2.75) is 13.3 Å². The van der Waals surface area contributed by atoms with E-state index in [0.29, 0.717) is 5.02 Å². The summed E-state index contributed by atoms with van der Waals surface area (Å²) in [5, 5.41) is 1.78. The minimum Gasteiger partial charge on any atom is -0.247 e. The Labute approximate surface area is 94.4 Å². The summed E-state index contributed by atoms with van der Waals surface area (Å²) in [4.78, 5) is 4.51. The van der Waals surface area contributed by atoms with Gasteiger partial charge in [-0.15, -0.1) is 0 Å². The predicted molar refractivity (Wildman–Crippen MR) is 66.2 cm³/mol. The lowest BCUT2D eigenvalue weighted by atomic mass is 10.1. The Morgan fingerprint density at radius 3 is 2.93 bits per heavy atom. The lowest BCUT2D eigenvalue weighted by Crippen LogP contribution is -1.92. The summed E-state index contributed by atoms with van der Waals surface area (Å²) in [6.07, 6.45) is 2.73. The van der Waals surface area contributed by atoms with E-state index < -0.39 is 0 Å². The molecule has 0 bridgehead atoms. The van der Waals surface area contributed by atoms with Crippen molar-refractivity contribution in [3.8, 4) is 0 Å². The highest BCUT2D eigenvalue weighted by Crippen LogP contribution is 2.24. The van der Waals surface area contributed by atoms with Gasteiger partial charge in [-0.1, -0.05) is 37.2 Å². The van der Waals surface area contributed by atoms with Gasteiger partial charge in [-0.25, -0.2) is 4.98 Å². The number of rotatable bonds is 2. The zero-order valence-electron chi connectivity index (χ0n) is 8.63. The van der Waals surface area contributed by atoms with Gasteiger partial charge >= 0.3 is 0 Å². The molecule has 2 rings (SSSR count). The maximum atomic E-state index is 6.08. The van der Waals surface area contributed by atoms with Crippen LogP contribution >= 0.6 is 11.6 Å². The van der Waals surface area contributed by atoms with E-state index >= 15 is 0 Å². The number of pyridine rings is 1. The zero-order valence-corrected chi connectivity index (χ0v) is 9.38. The van der Waals surface area contributed by atoms with Crippen molar-refractivity contribution in [1.82, 2.24) is 4.98 Å². The summed E-state index contributed by atoms with van der Waals surface area (Å²) in [6.45, 7) is 5.88. The molecule has 2 heteroatoms. The molecular weight excluding hydrogens is 206 g/mol. The van der Waals surface area contributed by atoms with Crippen LogP contribution in [0.5, 0.6) is 0 Å². The second kappa shape index (κ2) is 4.03. The zero-order chi connectivity index (χ0) is 10.8. The van der Waals surface area contributed by atoms with Gasteiger partial charge in [0.1, 0.15) is 0 Å². The van der Waals surface area contributed by atoms with Gasteiger partial charge in [0.15, 0.2) is 0 Å². The molecular formula is C13H12ClN. The molecule has 0 radical (unpaired) electrons. The van der Waals surface area contributed by atoms with Crippen molar-refractivity contribution in [1.29, 1.82) is 0 Å². The smallest absolute Gasteiger partial charge is 0.0895 e. The topological polar surface area (TPSA) is 12.9 Å². The predicted octanol–water partition coefficient (Wildman–Crippen LogP) is 4.09. The van der Waals surface area contributed by atoms with Crippen molar-refractivity contribution in [2.24, 2.45) is 0 Å². The number of fused-ring (bicyclic) bond motifs is 1.